The van der Waals surface area contributed by atoms with Crippen LogP contribution in [-0.2, 0) is 0 Å². The van der Waals surface area contributed by atoms with Crippen molar-refractivity contribution in [2.75, 3.05) is 0 Å². The van der Waals surface area contributed by atoms with Gasteiger partial charge in [-0.3, -0.25) is 4.79 Å². The van der Waals surface area contributed by atoms with Crippen molar-refractivity contribution in [3.63, 3.8) is 0 Å². The molecule has 1 heterocycles. The second-order valence-electron chi connectivity index (χ2n) is 3.99. The summed E-state index contributed by atoms with van der Waals surface area (Å²) in [5.74, 6) is -0.205. The molecule has 1 aromatic rings. The van der Waals surface area contributed by atoms with Crippen LogP contribution in [0.15, 0.2) is 54.1 Å². The summed E-state index contributed by atoms with van der Waals surface area (Å²) in [6.07, 6.45) is 3.35. The van der Waals surface area contributed by atoms with Gasteiger partial charge in [-0.1, -0.05) is 18.7 Å². The summed E-state index contributed by atoms with van der Waals surface area (Å²) < 4.78 is 19.4. The fourth-order valence-corrected chi connectivity index (χ4v) is 2.28. The third-order valence-electron chi connectivity index (χ3n) is 2.90. The summed E-state index contributed by atoms with van der Waals surface area (Å²) in [5, 5.41) is 0. The Balaban J connectivity index is 0.000000956. The maximum absolute atomic E-state index is 13.5. The number of hydrogen-bond acceptors (Lipinski definition) is 2. The highest BCUT2D eigenvalue weighted by molar-refractivity contribution is 9.10. The molecule has 2 rings (SSSR count). The highest BCUT2D eigenvalue weighted by Gasteiger charge is 2.28. The Morgan fingerprint density at radius 3 is 2.70 bits per heavy atom. The van der Waals surface area contributed by atoms with Gasteiger partial charge in [0.15, 0.2) is 5.78 Å². The number of ether oxygens (including phenoxy) is 1. The lowest BCUT2D eigenvalue weighted by Gasteiger charge is -2.26. The molecule has 1 unspecified atom stereocenters. The number of allylic oxidation sites excluding steroid dienone is 1. The predicted molar refractivity (Wildman–Crippen MR) is 82.7 cm³/mol. The summed E-state index contributed by atoms with van der Waals surface area (Å²) >= 11 is 3.06. The lowest BCUT2D eigenvalue weighted by atomic mass is 9.96. The van der Waals surface area contributed by atoms with Gasteiger partial charge in [-0.15, -0.1) is 13.2 Å². The maximum Gasteiger partial charge on any atom is 0.170 e. The number of benzene rings is 1. The highest BCUT2D eigenvalue weighted by Crippen LogP contribution is 2.34. The summed E-state index contributed by atoms with van der Waals surface area (Å²) in [4.78, 5) is 12.0. The molecule has 0 saturated carbocycles. The first-order chi connectivity index (χ1) is 9.56. The standard InChI is InChI=1S/C14H12BrFO2.C2H4/c1-3-8(4-2)13-7-12(17)9-5-10(15)11(16)6-14(9)18-13;1-2/h3-6,13H,1,7H2,2H3;1-2H2/b8-4+;. The van der Waals surface area contributed by atoms with Crippen LogP contribution in [-0.4, -0.2) is 11.9 Å². The van der Waals surface area contributed by atoms with E-state index < -0.39 is 5.82 Å². The number of fused-ring (bicyclic) bond motifs is 1. The molecule has 0 fully saturated rings. The molecular weight excluding hydrogens is 323 g/mol. The first-order valence-corrected chi connectivity index (χ1v) is 6.83. The van der Waals surface area contributed by atoms with E-state index >= 15 is 0 Å². The van der Waals surface area contributed by atoms with Gasteiger partial charge in [0, 0.05) is 6.07 Å². The van der Waals surface area contributed by atoms with Gasteiger partial charge in [-0.25, -0.2) is 4.39 Å². The zero-order chi connectivity index (χ0) is 15.3. The molecule has 106 valence electrons. The quantitative estimate of drug-likeness (QED) is 0.568. The molecule has 0 spiro atoms. The molecule has 0 aliphatic carbocycles. The van der Waals surface area contributed by atoms with E-state index in [1.807, 2.05) is 13.0 Å². The van der Waals surface area contributed by atoms with Gasteiger partial charge in [0.2, 0.25) is 0 Å². The molecule has 1 aromatic carbocycles. The maximum atomic E-state index is 13.5. The molecule has 1 atom stereocenters. The third kappa shape index (κ3) is 3.25. The molecule has 1 aliphatic heterocycles. The van der Waals surface area contributed by atoms with Crippen molar-refractivity contribution in [3.05, 3.63) is 65.4 Å². The van der Waals surface area contributed by atoms with Crippen molar-refractivity contribution in [2.45, 2.75) is 19.4 Å². The van der Waals surface area contributed by atoms with Crippen LogP contribution >= 0.6 is 15.9 Å². The molecule has 20 heavy (non-hydrogen) atoms. The van der Waals surface area contributed by atoms with Gasteiger partial charge in [-0.05, 0) is 34.5 Å². The number of carbonyl (C=O) groups excluding carboxylic acids is 1. The average molecular weight is 339 g/mol. The summed E-state index contributed by atoms with van der Waals surface area (Å²) in [5.41, 5.74) is 1.25. The molecule has 2 nitrogen and oxygen atoms in total. The minimum absolute atomic E-state index is 0.0526. The Hall–Kier alpha value is -1.68. The minimum Gasteiger partial charge on any atom is -0.484 e. The largest absolute Gasteiger partial charge is 0.484 e. The number of halogens is 2. The van der Waals surface area contributed by atoms with Gasteiger partial charge >= 0.3 is 0 Å². The molecule has 0 radical (unpaired) electrons. The molecule has 0 N–H and O–H groups in total. The Morgan fingerprint density at radius 2 is 2.15 bits per heavy atom. The van der Waals surface area contributed by atoms with Gasteiger partial charge < -0.3 is 4.74 Å². The van der Waals surface area contributed by atoms with Crippen LogP contribution in [0.2, 0.25) is 0 Å². The first-order valence-electron chi connectivity index (χ1n) is 6.04. The topological polar surface area (TPSA) is 26.3 Å². The summed E-state index contributed by atoms with van der Waals surface area (Å²) in [6, 6.07) is 2.70. The van der Waals surface area contributed by atoms with Crippen LogP contribution in [0.3, 0.4) is 0 Å². The van der Waals surface area contributed by atoms with Crippen molar-refractivity contribution < 1.29 is 13.9 Å². The van der Waals surface area contributed by atoms with E-state index in [-0.39, 0.29) is 28.5 Å². The molecule has 0 aromatic heterocycles. The van der Waals surface area contributed by atoms with E-state index in [1.54, 1.807) is 6.08 Å². The van der Waals surface area contributed by atoms with Gasteiger partial charge in [0.05, 0.1) is 16.5 Å². The van der Waals surface area contributed by atoms with Crippen molar-refractivity contribution in [1.29, 1.82) is 0 Å². The number of Topliss-reactive ketones (excluding diaryl/α,β-unsaturated/α-hetero) is 1. The SMILES string of the molecule is C=C.C=C/C(=C\C)C1CC(=O)c2cc(Br)c(F)cc2O1. The summed E-state index contributed by atoms with van der Waals surface area (Å²) in [7, 11) is 0. The van der Waals surface area contributed by atoms with E-state index in [4.69, 9.17) is 4.74 Å². The number of ketones is 1. The van der Waals surface area contributed by atoms with Crippen molar-refractivity contribution in [2.24, 2.45) is 0 Å². The summed E-state index contributed by atoms with van der Waals surface area (Å²) in [6.45, 7) is 11.5. The number of hydrogen-bond donors (Lipinski definition) is 0. The van der Waals surface area contributed by atoms with Crippen LogP contribution in [0, 0.1) is 5.82 Å². The van der Waals surface area contributed by atoms with E-state index in [0.717, 1.165) is 5.57 Å². The van der Waals surface area contributed by atoms with Crippen LogP contribution in [0.4, 0.5) is 4.39 Å². The first kappa shape index (κ1) is 16.4. The zero-order valence-electron chi connectivity index (χ0n) is 11.3. The predicted octanol–water partition coefficient (Wildman–Crippen LogP) is 4.86. The smallest absolute Gasteiger partial charge is 0.170 e. The molecule has 4 heteroatoms. The van der Waals surface area contributed by atoms with E-state index in [9.17, 15) is 9.18 Å². The van der Waals surface area contributed by atoms with E-state index in [1.165, 1.54) is 12.1 Å². The van der Waals surface area contributed by atoms with Gasteiger partial charge in [0.25, 0.3) is 0 Å². The van der Waals surface area contributed by atoms with Gasteiger partial charge in [-0.2, -0.15) is 0 Å². The fourth-order valence-electron chi connectivity index (χ4n) is 1.94. The lowest BCUT2D eigenvalue weighted by Crippen LogP contribution is -2.28. The monoisotopic (exact) mass is 338 g/mol. The Kier molecular flexibility index (Phi) is 5.89. The molecule has 0 bridgehead atoms. The Labute approximate surface area is 126 Å². The Morgan fingerprint density at radius 1 is 1.50 bits per heavy atom. The molecular formula is C16H16BrFO2. The Bertz CT molecular complexity index is 564. The minimum atomic E-state index is -0.442. The normalized spacial score (nSPS) is 17.4. The molecule has 0 saturated heterocycles. The van der Waals surface area contributed by atoms with E-state index in [0.29, 0.717) is 5.56 Å². The van der Waals surface area contributed by atoms with Crippen molar-refractivity contribution in [1.82, 2.24) is 0 Å². The second-order valence-corrected chi connectivity index (χ2v) is 4.84. The number of rotatable bonds is 2. The zero-order valence-corrected chi connectivity index (χ0v) is 12.9. The van der Waals surface area contributed by atoms with Crippen molar-refractivity contribution >= 4 is 21.7 Å². The van der Waals surface area contributed by atoms with Crippen LogP contribution in [0.25, 0.3) is 0 Å². The fraction of sp³-hybridized carbons (Fsp3) is 0.188. The average Bonchev–Trinajstić information content (AvgIpc) is 2.45. The van der Waals surface area contributed by atoms with Crippen LogP contribution in [0.1, 0.15) is 23.7 Å². The van der Waals surface area contributed by atoms with E-state index in [2.05, 4.69) is 35.7 Å². The van der Waals surface area contributed by atoms with Crippen LogP contribution < -0.4 is 4.74 Å². The van der Waals surface area contributed by atoms with Crippen molar-refractivity contribution in [3.8, 4) is 5.75 Å². The highest BCUT2D eigenvalue weighted by atomic mass is 79.9. The molecule has 0 amide bonds. The molecule has 1 aliphatic rings. The van der Waals surface area contributed by atoms with Crippen LogP contribution in [0.5, 0.6) is 5.75 Å². The third-order valence-corrected chi connectivity index (χ3v) is 3.51. The lowest BCUT2D eigenvalue weighted by molar-refractivity contribution is 0.0886. The second kappa shape index (κ2) is 7.20. The van der Waals surface area contributed by atoms with Gasteiger partial charge in [0.1, 0.15) is 17.7 Å². The number of carbonyl (C=O) groups is 1.